The van der Waals surface area contributed by atoms with E-state index in [0.29, 0.717) is 33.2 Å². The number of hydrogen-bond donors (Lipinski definition) is 0. The van der Waals surface area contributed by atoms with E-state index in [2.05, 4.69) is 166 Å². The van der Waals surface area contributed by atoms with Crippen LogP contribution in [0.1, 0.15) is 116 Å². The van der Waals surface area contributed by atoms with Crippen LogP contribution in [0.3, 0.4) is 0 Å². The van der Waals surface area contributed by atoms with Gasteiger partial charge in [-0.15, -0.1) is 11.1 Å². The van der Waals surface area contributed by atoms with Gasteiger partial charge in [0.1, 0.15) is 16.1 Å². The lowest BCUT2D eigenvalue weighted by Crippen LogP contribution is -2.43. The molecule has 0 radical (unpaired) electrons. The minimum atomic E-state index is -1.85. The van der Waals surface area contributed by atoms with Gasteiger partial charge in [0, 0.05) is 33.4 Å². The van der Waals surface area contributed by atoms with E-state index in [1.165, 1.54) is 0 Å². The van der Waals surface area contributed by atoms with Gasteiger partial charge in [0.25, 0.3) is 0 Å². The van der Waals surface area contributed by atoms with Crippen LogP contribution in [0, 0.1) is 58.5 Å². The Balaban J connectivity index is 1.96. The molecule has 0 aliphatic heterocycles. The first-order chi connectivity index (χ1) is 22.8. The van der Waals surface area contributed by atoms with Crippen LogP contribution in [0.4, 0.5) is 0 Å². The van der Waals surface area contributed by atoms with Crippen molar-refractivity contribution in [3.8, 4) is 58.5 Å². The van der Waals surface area contributed by atoms with E-state index in [0.717, 1.165) is 33.4 Å². The monoisotopic (exact) mass is 662 g/mol. The van der Waals surface area contributed by atoms with E-state index in [9.17, 15) is 0 Å². The number of hydrogen-bond acceptors (Lipinski definition) is 0. The van der Waals surface area contributed by atoms with Crippen LogP contribution in [0.25, 0.3) is 0 Å². The quantitative estimate of drug-likeness (QED) is 0.182. The molecule has 0 heterocycles. The molecule has 0 unspecified atom stereocenters. The Morgan fingerprint density at radius 1 is 0.312 bits per heavy atom. The average molecular weight is 663 g/mol. The Labute approximate surface area is 296 Å². The zero-order valence-corrected chi connectivity index (χ0v) is 33.4. The van der Waals surface area contributed by atoms with Crippen molar-refractivity contribution in [1.82, 2.24) is 0 Å². The van der Waals surface area contributed by atoms with Gasteiger partial charge < -0.3 is 0 Å². The minimum absolute atomic E-state index is 0.582. The molecular formula is C46H54Si2. The lowest BCUT2D eigenvalue weighted by Gasteiger charge is -2.38. The highest BCUT2D eigenvalue weighted by Gasteiger charge is 2.42. The third kappa shape index (κ3) is 8.87. The summed E-state index contributed by atoms with van der Waals surface area (Å²) < 4.78 is 0. The highest BCUT2D eigenvalue weighted by atomic mass is 28.3. The first kappa shape index (κ1) is 38.3. The van der Waals surface area contributed by atoms with Gasteiger partial charge in [-0.05, 0) is 81.5 Å². The fourth-order valence-corrected chi connectivity index (χ4v) is 18.1. The molecule has 0 saturated heterocycles. The molecule has 0 aromatic heterocycles. The maximum atomic E-state index is 3.86. The maximum Gasteiger partial charge on any atom is 0.146 e. The van der Waals surface area contributed by atoms with Crippen LogP contribution < -0.4 is 0 Å². The Kier molecular flexibility index (Phi) is 13.8. The van der Waals surface area contributed by atoms with Crippen molar-refractivity contribution in [1.29, 1.82) is 0 Å². The van der Waals surface area contributed by atoms with Crippen molar-refractivity contribution in [3.05, 3.63) is 106 Å². The summed E-state index contributed by atoms with van der Waals surface area (Å²) in [6, 6.07) is 24.5. The van der Waals surface area contributed by atoms with Crippen LogP contribution in [0.15, 0.2) is 72.8 Å². The smallest absolute Gasteiger partial charge is 0.125 e. The van der Waals surface area contributed by atoms with E-state index in [1.807, 2.05) is 48.5 Å². The third-order valence-electron chi connectivity index (χ3n) is 10.1. The number of benzene rings is 3. The van der Waals surface area contributed by atoms with E-state index in [-0.39, 0.29) is 0 Å². The molecule has 0 fully saturated rings. The third-order valence-corrected chi connectivity index (χ3v) is 22.7. The molecule has 0 aliphatic carbocycles. The zero-order chi connectivity index (χ0) is 35.5. The van der Waals surface area contributed by atoms with Gasteiger partial charge in [-0.2, -0.15) is 0 Å². The van der Waals surface area contributed by atoms with Gasteiger partial charge in [-0.1, -0.05) is 155 Å². The van der Waals surface area contributed by atoms with Crippen molar-refractivity contribution in [2.75, 3.05) is 0 Å². The second-order valence-electron chi connectivity index (χ2n) is 14.7. The van der Waals surface area contributed by atoms with Gasteiger partial charge >= 0.3 is 0 Å². The summed E-state index contributed by atoms with van der Waals surface area (Å²) in [6.45, 7) is 28.2. The zero-order valence-electron chi connectivity index (χ0n) is 31.4. The maximum absolute atomic E-state index is 3.86. The minimum Gasteiger partial charge on any atom is -0.125 e. The lowest BCUT2D eigenvalue weighted by atomic mass is 10.1. The summed E-state index contributed by atoms with van der Waals surface area (Å²) in [6.07, 6.45) is 0. The fraction of sp³-hybridized carbons (Fsp3) is 0.391. The molecular weight excluding hydrogens is 609 g/mol. The molecule has 48 heavy (non-hydrogen) atoms. The Morgan fingerprint density at radius 3 is 0.750 bits per heavy atom. The normalized spacial score (nSPS) is 11.2. The molecule has 0 spiro atoms. The fourth-order valence-electron chi connectivity index (χ4n) is 7.65. The molecule has 0 amide bonds. The largest absolute Gasteiger partial charge is 0.146 e. The summed E-state index contributed by atoms with van der Waals surface area (Å²) in [5.74, 6) is 26.7. The molecule has 3 rings (SSSR count). The molecule has 0 aliphatic rings. The highest BCUT2D eigenvalue weighted by Crippen LogP contribution is 2.41. The first-order valence-corrected chi connectivity index (χ1v) is 22.1. The molecule has 0 saturated carbocycles. The van der Waals surface area contributed by atoms with Crippen LogP contribution >= 0.6 is 0 Å². The van der Waals surface area contributed by atoms with Crippen molar-refractivity contribution in [2.45, 2.75) is 116 Å². The summed E-state index contributed by atoms with van der Waals surface area (Å²) in [5, 5.41) is 0. The lowest BCUT2D eigenvalue weighted by molar-refractivity contribution is 0.838. The molecule has 3 aromatic rings. The molecule has 0 nitrogen and oxygen atoms in total. The SMILES string of the molecule is CC(C)[Si](C#Cc1ccccc1C#CC#Cc1ccccc1C#Cc1ccccc1C#C[Si](C(C)C)(C(C)C)C(C)C)(C(C)C)C(C)C. The van der Waals surface area contributed by atoms with Gasteiger partial charge in [0.15, 0.2) is 0 Å². The van der Waals surface area contributed by atoms with Gasteiger partial charge in [-0.25, -0.2) is 0 Å². The van der Waals surface area contributed by atoms with E-state index < -0.39 is 16.1 Å². The van der Waals surface area contributed by atoms with Crippen LogP contribution in [0.2, 0.25) is 33.2 Å². The van der Waals surface area contributed by atoms with Crippen molar-refractivity contribution < 1.29 is 0 Å². The second-order valence-corrected chi connectivity index (χ2v) is 25.8. The Hall–Kier alpha value is -4.11. The summed E-state index contributed by atoms with van der Waals surface area (Å²) >= 11 is 0. The molecule has 2 heteroatoms. The molecule has 246 valence electrons. The van der Waals surface area contributed by atoms with Crippen molar-refractivity contribution in [2.24, 2.45) is 0 Å². The Bertz CT molecular complexity index is 1830. The summed E-state index contributed by atoms with van der Waals surface area (Å²) in [5.41, 5.74) is 16.8. The molecule has 0 N–H and O–H groups in total. The van der Waals surface area contributed by atoms with E-state index >= 15 is 0 Å². The number of rotatable bonds is 6. The van der Waals surface area contributed by atoms with Crippen LogP contribution in [-0.2, 0) is 0 Å². The topological polar surface area (TPSA) is 0 Å². The van der Waals surface area contributed by atoms with Crippen LogP contribution in [-0.4, -0.2) is 16.1 Å². The molecule has 0 atom stereocenters. The van der Waals surface area contributed by atoms with Gasteiger partial charge in [0.05, 0.1) is 0 Å². The average Bonchev–Trinajstić information content (AvgIpc) is 3.03. The summed E-state index contributed by atoms with van der Waals surface area (Å²) in [7, 11) is -3.69. The summed E-state index contributed by atoms with van der Waals surface area (Å²) in [4.78, 5) is 0. The predicted molar refractivity (Wildman–Crippen MR) is 215 cm³/mol. The first-order valence-electron chi connectivity index (χ1n) is 17.6. The standard InChI is InChI=1S/C46H54Si2/c1-35(2)47(36(3)4,37(5)6)33-31-45-27-19-16-24-42(45)23-14-13-21-41-22-15-17-25-43(41)29-30-44-26-18-20-28-46(44)32-34-48(38(7)8,39(9)10)40(11)12/h15-20,22,24-28,35-40H,1-12H3. The highest BCUT2D eigenvalue weighted by molar-refractivity contribution is 6.91. The van der Waals surface area contributed by atoms with E-state index in [4.69, 9.17) is 0 Å². The van der Waals surface area contributed by atoms with Crippen molar-refractivity contribution in [3.63, 3.8) is 0 Å². The molecule has 3 aromatic carbocycles. The Morgan fingerprint density at radius 2 is 0.521 bits per heavy atom. The predicted octanol–water partition coefficient (Wildman–Crippen LogP) is 11.6. The van der Waals surface area contributed by atoms with Crippen LogP contribution in [0.5, 0.6) is 0 Å². The van der Waals surface area contributed by atoms with E-state index in [1.54, 1.807) is 0 Å². The van der Waals surface area contributed by atoms with Gasteiger partial charge in [0.2, 0.25) is 0 Å². The molecule has 0 bridgehead atoms. The van der Waals surface area contributed by atoms with Crippen molar-refractivity contribution >= 4 is 16.1 Å². The van der Waals surface area contributed by atoms with Gasteiger partial charge in [-0.3, -0.25) is 0 Å². The second kappa shape index (κ2) is 17.3.